The van der Waals surface area contributed by atoms with E-state index in [1.807, 2.05) is 0 Å². The maximum absolute atomic E-state index is 13.0. The zero-order chi connectivity index (χ0) is 19.6. The van der Waals surface area contributed by atoms with Crippen molar-refractivity contribution in [1.29, 1.82) is 0 Å². The molecule has 27 heavy (non-hydrogen) atoms. The predicted octanol–water partition coefficient (Wildman–Crippen LogP) is 3.50. The summed E-state index contributed by atoms with van der Waals surface area (Å²) >= 11 is 0. The monoisotopic (exact) mass is 372 g/mol. The van der Waals surface area contributed by atoms with Crippen LogP contribution in [0, 0.1) is 0 Å². The smallest absolute Gasteiger partial charge is 0.235 e. The third-order valence-corrected chi connectivity index (χ3v) is 4.22. The van der Waals surface area contributed by atoms with Crippen molar-refractivity contribution in [2.75, 3.05) is 35.5 Å². The van der Waals surface area contributed by atoms with E-state index in [9.17, 15) is 4.79 Å². The van der Waals surface area contributed by atoms with Crippen LogP contribution in [0.3, 0.4) is 0 Å². The molecule has 0 N–H and O–H groups in total. The number of methoxy groups -OCH3 is 5. The van der Waals surface area contributed by atoms with Crippen molar-refractivity contribution in [3.63, 3.8) is 0 Å². The van der Waals surface area contributed by atoms with E-state index < -0.39 is 0 Å². The lowest BCUT2D eigenvalue weighted by molar-refractivity contribution is 0.351. The van der Waals surface area contributed by atoms with Crippen molar-refractivity contribution in [3.05, 3.63) is 40.6 Å². The second-order valence-corrected chi connectivity index (χ2v) is 5.54. The Morgan fingerprint density at radius 2 is 1.44 bits per heavy atom. The zero-order valence-corrected chi connectivity index (χ0v) is 15.7. The van der Waals surface area contributed by atoms with Crippen molar-refractivity contribution < 1.29 is 28.1 Å². The summed E-state index contributed by atoms with van der Waals surface area (Å²) < 4.78 is 32.8. The van der Waals surface area contributed by atoms with Gasteiger partial charge in [0.05, 0.1) is 46.5 Å². The largest absolute Gasteiger partial charge is 0.497 e. The van der Waals surface area contributed by atoms with Crippen LogP contribution in [-0.4, -0.2) is 35.5 Å². The van der Waals surface area contributed by atoms with Gasteiger partial charge in [-0.2, -0.15) is 0 Å². The molecule has 2 aromatic carbocycles. The highest BCUT2D eigenvalue weighted by Gasteiger charge is 2.23. The zero-order valence-electron chi connectivity index (χ0n) is 15.7. The quantitative estimate of drug-likeness (QED) is 0.655. The van der Waals surface area contributed by atoms with Crippen molar-refractivity contribution in [2.24, 2.45) is 0 Å². The van der Waals surface area contributed by atoms with Gasteiger partial charge in [0.1, 0.15) is 11.5 Å². The minimum Gasteiger partial charge on any atom is -0.497 e. The molecule has 7 nitrogen and oxygen atoms in total. The van der Waals surface area contributed by atoms with Gasteiger partial charge in [-0.3, -0.25) is 4.79 Å². The fraction of sp³-hybridized carbons (Fsp3) is 0.250. The summed E-state index contributed by atoms with van der Waals surface area (Å²) in [4.78, 5) is 13.0. The minimum absolute atomic E-state index is 0.0678. The maximum atomic E-state index is 13.0. The molecule has 3 aromatic rings. The van der Waals surface area contributed by atoms with Gasteiger partial charge in [0, 0.05) is 6.07 Å². The summed E-state index contributed by atoms with van der Waals surface area (Å²) in [6.07, 6.45) is 0. The molecule has 142 valence electrons. The molecule has 1 aromatic heterocycles. The molecule has 0 atom stereocenters. The first-order valence-corrected chi connectivity index (χ1v) is 8.07. The third kappa shape index (κ3) is 3.01. The van der Waals surface area contributed by atoms with Gasteiger partial charge < -0.3 is 28.1 Å². The molecule has 0 aliphatic rings. The summed E-state index contributed by atoms with van der Waals surface area (Å²) in [5.74, 6) is 2.14. The Bertz CT molecular complexity index is 1040. The summed E-state index contributed by atoms with van der Waals surface area (Å²) in [5, 5.41) is 0.320. The number of hydrogen-bond donors (Lipinski definition) is 0. The second kappa shape index (κ2) is 7.49. The third-order valence-electron chi connectivity index (χ3n) is 4.22. The lowest BCUT2D eigenvalue weighted by Gasteiger charge is -2.15. The highest BCUT2D eigenvalue weighted by molar-refractivity contribution is 5.89. The van der Waals surface area contributed by atoms with Crippen LogP contribution in [-0.2, 0) is 0 Å². The highest BCUT2D eigenvalue weighted by atomic mass is 16.5. The summed E-state index contributed by atoms with van der Waals surface area (Å²) in [5.41, 5.74) is 0.474. The Balaban J connectivity index is 2.41. The molecule has 0 amide bonds. The molecule has 0 bridgehead atoms. The van der Waals surface area contributed by atoms with Crippen molar-refractivity contribution in [1.82, 2.24) is 0 Å². The first-order chi connectivity index (χ1) is 13.1. The second-order valence-electron chi connectivity index (χ2n) is 5.54. The van der Waals surface area contributed by atoms with Crippen molar-refractivity contribution >= 4 is 11.0 Å². The molecule has 0 radical (unpaired) electrons. The predicted molar refractivity (Wildman–Crippen MR) is 101 cm³/mol. The molecular formula is C20H20O7. The van der Waals surface area contributed by atoms with Gasteiger partial charge in [-0.1, -0.05) is 0 Å². The van der Waals surface area contributed by atoms with Gasteiger partial charge in [-0.25, -0.2) is 0 Å². The van der Waals surface area contributed by atoms with Gasteiger partial charge in [0.25, 0.3) is 0 Å². The van der Waals surface area contributed by atoms with E-state index in [1.54, 1.807) is 37.4 Å². The summed E-state index contributed by atoms with van der Waals surface area (Å²) in [7, 11) is 7.49. The summed E-state index contributed by atoms with van der Waals surface area (Å²) in [6.45, 7) is 0. The van der Waals surface area contributed by atoms with Crippen molar-refractivity contribution in [2.45, 2.75) is 0 Å². The number of ether oxygens (including phenoxy) is 5. The topological polar surface area (TPSA) is 76.4 Å². The fourth-order valence-electron chi connectivity index (χ4n) is 2.90. The molecule has 7 heteroatoms. The Kier molecular flexibility index (Phi) is 5.12. The van der Waals surface area contributed by atoms with Crippen LogP contribution in [0.4, 0.5) is 0 Å². The Hall–Kier alpha value is -3.35. The van der Waals surface area contributed by atoms with E-state index in [0.29, 0.717) is 33.9 Å². The Morgan fingerprint density at radius 1 is 0.741 bits per heavy atom. The van der Waals surface area contributed by atoms with Gasteiger partial charge in [-0.15, -0.1) is 0 Å². The highest BCUT2D eigenvalue weighted by Crippen LogP contribution is 2.42. The van der Waals surface area contributed by atoms with E-state index in [4.69, 9.17) is 28.1 Å². The van der Waals surface area contributed by atoms with Gasteiger partial charge in [0.15, 0.2) is 17.1 Å². The number of rotatable bonds is 6. The number of benzene rings is 2. The minimum atomic E-state index is -0.326. The number of hydrogen-bond acceptors (Lipinski definition) is 7. The van der Waals surface area contributed by atoms with Gasteiger partial charge in [0.2, 0.25) is 16.9 Å². The first-order valence-electron chi connectivity index (χ1n) is 8.07. The van der Waals surface area contributed by atoms with E-state index in [-0.39, 0.29) is 22.5 Å². The lowest BCUT2D eigenvalue weighted by Crippen LogP contribution is -2.09. The molecule has 0 spiro atoms. The van der Waals surface area contributed by atoms with E-state index in [1.165, 1.54) is 28.4 Å². The average Bonchev–Trinajstić information content (AvgIpc) is 2.72. The normalized spacial score (nSPS) is 10.6. The van der Waals surface area contributed by atoms with E-state index in [0.717, 1.165) is 0 Å². The number of fused-ring (bicyclic) bond motifs is 1. The van der Waals surface area contributed by atoms with Crippen LogP contribution in [0.15, 0.2) is 39.5 Å². The first kappa shape index (κ1) is 18.4. The van der Waals surface area contributed by atoms with Gasteiger partial charge in [-0.05, 0) is 24.3 Å². The van der Waals surface area contributed by atoms with E-state index in [2.05, 4.69) is 0 Å². The fourth-order valence-corrected chi connectivity index (χ4v) is 2.90. The van der Waals surface area contributed by atoms with Crippen LogP contribution >= 0.6 is 0 Å². The molecule has 0 saturated heterocycles. The lowest BCUT2D eigenvalue weighted by atomic mass is 10.1. The standard InChI is InChI=1S/C20H20O7/c1-22-11-6-7-12(15(10-11)24-3)17-20(26-5)16(21)13-8-9-14(23-2)19(25-4)18(13)27-17/h6-10H,1-5H3. The van der Waals surface area contributed by atoms with Crippen LogP contribution in [0.2, 0.25) is 0 Å². The molecule has 1 heterocycles. The Labute approximate surface area is 156 Å². The molecule has 0 aliphatic heterocycles. The maximum Gasteiger partial charge on any atom is 0.235 e. The summed E-state index contributed by atoms with van der Waals surface area (Å²) in [6, 6.07) is 8.42. The molecule has 0 aliphatic carbocycles. The molecule has 0 unspecified atom stereocenters. The molecule has 3 rings (SSSR count). The van der Waals surface area contributed by atoms with Crippen LogP contribution in [0.5, 0.6) is 28.7 Å². The SMILES string of the molecule is COc1ccc(-c2oc3c(OC)c(OC)ccc3c(=O)c2OC)c(OC)c1. The van der Waals surface area contributed by atoms with Crippen LogP contribution in [0.1, 0.15) is 0 Å². The molecule has 0 saturated carbocycles. The average molecular weight is 372 g/mol. The van der Waals surface area contributed by atoms with E-state index >= 15 is 0 Å². The van der Waals surface area contributed by atoms with Crippen molar-refractivity contribution in [3.8, 4) is 40.1 Å². The van der Waals surface area contributed by atoms with Crippen LogP contribution in [0.25, 0.3) is 22.3 Å². The van der Waals surface area contributed by atoms with Crippen LogP contribution < -0.4 is 29.1 Å². The molecule has 0 fully saturated rings. The van der Waals surface area contributed by atoms with Gasteiger partial charge >= 0.3 is 0 Å². The molecular weight excluding hydrogens is 352 g/mol. The Morgan fingerprint density at radius 3 is 2.04 bits per heavy atom.